The third kappa shape index (κ3) is 7.56. The number of halogens is 3. The van der Waals surface area contributed by atoms with E-state index in [2.05, 4.69) is 5.32 Å². The highest BCUT2D eigenvalue weighted by Crippen LogP contribution is 2.25. The van der Waals surface area contributed by atoms with Crippen LogP contribution in [0.3, 0.4) is 0 Å². The molecule has 4 amide bonds. The van der Waals surface area contributed by atoms with Gasteiger partial charge in [0.25, 0.3) is 0 Å². The number of carbonyl (C=O) groups is 5. The van der Waals surface area contributed by atoms with E-state index in [-0.39, 0.29) is 0 Å². The summed E-state index contributed by atoms with van der Waals surface area (Å²) in [6, 6.07) is -2.63. The van der Waals surface area contributed by atoms with Crippen LogP contribution in [0.2, 0.25) is 0 Å². The van der Waals surface area contributed by atoms with Gasteiger partial charge in [0.2, 0.25) is 17.7 Å². The van der Waals surface area contributed by atoms with E-state index in [1.807, 2.05) is 0 Å². The number of hydrogen-bond donors (Lipinski definition) is 3. The van der Waals surface area contributed by atoms with Gasteiger partial charge in [0.15, 0.2) is 0 Å². The Balaban J connectivity index is 3.20. The number of likely N-dealkylation sites (tertiary alicyclic amines) is 1. The molecule has 200 valence electrons. The number of aliphatic carboxylic acids is 1. The molecule has 1 aliphatic heterocycles. The molecular weight excluding hydrogens is 473 g/mol. The van der Waals surface area contributed by atoms with E-state index in [4.69, 9.17) is 0 Å². The molecule has 10 nitrogen and oxygen atoms in total. The number of nitrogens with zero attached hydrogens (tertiary/aromatic N) is 2. The summed E-state index contributed by atoms with van der Waals surface area (Å²) in [6.07, 6.45) is -4.38. The fourth-order valence-electron chi connectivity index (χ4n) is 3.96. The van der Waals surface area contributed by atoms with Crippen LogP contribution in [-0.2, 0) is 24.0 Å². The van der Waals surface area contributed by atoms with E-state index >= 15 is 0 Å². The van der Waals surface area contributed by atoms with E-state index < -0.39 is 71.7 Å². The van der Waals surface area contributed by atoms with Crippen molar-refractivity contribution in [3.05, 3.63) is 0 Å². The normalized spacial score (nSPS) is 17.5. The van der Waals surface area contributed by atoms with E-state index in [1.165, 1.54) is 25.8 Å². The number of rotatable bonds is 10. The Morgan fingerprint density at radius 3 is 1.94 bits per heavy atom. The van der Waals surface area contributed by atoms with Crippen molar-refractivity contribution in [1.82, 2.24) is 20.4 Å². The van der Waals surface area contributed by atoms with E-state index in [0.29, 0.717) is 13.1 Å². The maximum absolute atomic E-state index is 13.3. The Bertz CT molecular complexity index is 826. The van der Waals surface area contributed by atoms with Gasteiger partial charge in [-0.15, -0.1) is 0 Å². The number of hydrogen-bond acceptors (Lipinski definition) is 5. The van der Waals surface area contributed by atoms with Crippen LogP contribution in [0.25, 0.3) is 0 Å². The summed E-state index contributed by atoms with van der Waals surface area (Å²) in [4.78, 5) is 64.6. The van der Waals surface area contributed by atoms with Gasteiger partial charge in [-0.2, -0.15) is 13.2 Å². The summed E-state index contributed by atoms with van der Waals surface area (Å²) in [5.41, 5.74) is -2.00. The molecule has 1 fully saturated rings. The number of carboxylic acids is 1. The number of carbonyl (C=O) groups excluding carboxylic acids is 4. The van der Waals surface area contributed by atoms with Crippen LogP contribution in [0.5, 0.6) is 0 Å². The van der Waals surface area contributed by atoms with Gasteiger partial charge in [0.05, 0.1) is 6.42 Å². The highest BCUT2D eigenvalue weighted by atomic mass is 19.4. The molecule has 1 saturated heterocycles. The Kier molecular flexibility index (Phi) is 10.1. The molecule has 0 aromatic rings. The van der Waals surface area contributed by atoms with Gasteiger partial charge < -0.3 is 25.5 Å². The SMILES string of the molecule is CC(C)[C@@H](C(=O)N[C@@H](CC(=O)O)C(=O)N1CCCC1)N(C)C(=O)C(C)(NC(=O)C(F)(F)F)C(C)C. The lowest BCUT2D eigenvalue weighted by Gasteiger charge is -2.40. The zero-order valence-electron chi connectivity index (χ0n) is 20.9. The van der Waals surface area contributed by atoms with Gasteiger partial charge in [0.1, 0.15) is 17.6 Å². The van der Waals surface area contributed by atoms with Crippen molar-refractivity contribution in [2.45, 2.75) is 77.7 Å². The predicted octanol–water partition coefficient (Wildman–Crippen LogP) is 1.14. The number of nitrogens with one attached hydrogen (secondary N) is 2. The van der Waals surface area contributed by atoms with Crippen molar-refractivity contribution in [1.29, 1.82) is 0 Å². The van der Waals surface area contributed by atoms with Crippen LogP contribution in [0, 0.1) is 11.8 Å². The third-order valence-corrected chi connectivity index (χ3v) is 6.28. The molecular formula is C22H35F3N4O6. The van der Waals surface area contributed by atoms with Gasteiger partial charge in [-0.3, -0.25) is 24.0 Å². The van der Waals surface area contributed by atoms with Crippen molar-refractivity contribution >= 4 is 29.6 Å². The molecule has 0 spiro atoms. The molecule has 3 atom stereocenters. The molecule has 1 heterocycles. The first-order valence-corrected chi connectivity index (χ1v) is 11.4. The summed E-state index contributed by atoms with van der Waals surface area (Å²) in [6.45, 7) is 8.08. The van der Waals surface area contributed by atoms with Crippen molar-refractivity contribution < 1.29 is 42.3 Å². The van der Waals surface area contributed by atoms with Crippen LogP contribution in [0.1, 0.15) is 53.9 Å². The minimum Gasteiger partial charge on any atom is -0.481 e. The molecule has 35 heavy (non-hydrogen) atoms. The molecule has 0 aliphatic carbocycles. The minimum absolute atomic E-state index is 0.433. The van der Waals surface area contributed by atoms with Crippen LogP contribution < -0.4 is 10.6 Å². The molecule has 0 bridgehead atoms. The smallest absolute Gasteiger partial charge is 0.471 e. The van der Waals surface area contributed by atoms with Crippen molar-refractivity contribution in [2.75, 3.05) is 20.1 Å². The Morgan fingerprint density at radius 2 is 1.54 bits per heavy atom. The molecule has 0 radical (unpaired) electrons. The van der Waals surface area contributed by atoms with Crippen molar-refractivity contribution in [3.63, 3.8) is 0 Å². The molecule has 0 aromatic carbocycles. The topological polar surface area (TPSA) is 136 Å². The largest absolute Gasteiger partial charge is 0.481 e. The zero-order valence-corrected chi connectivity index (χ0v) is 20.9. The maximum atomic E-state index is 13.3. The molecule has 0 aromatic heterocycles. The standard InChI is InChI=1S/C22H35F3N4O6/c1-12(2)16(17(32)26-14(11-15(30)31)18(33)29-9-7-8-10-29)28(6)20(35)21(5,13(3)4)27-19(34)22(23,24)25/h12-14,16H,7-11H2,1-6H3,(H,26,32)(H,27,34)(H,30,31)/t14-,16-,21?/m0/s1. The lowest BCUT2D eigenvalue weighted by molar-refractivity contribution is -0.177. The fourth-order valence-corrected chi connectivity index (χ4v) is 3.96. The second-order valence-electron chi connectivity index (χ2n) is 9.61. The van der Waals surface area contributed by atoms with Crippen molar-refractivity contribution in [3.8, 4) is 0 Å². The molecule has 1 rings (SSSR count). The third-order valence-electron chi connectivity index (χ3n) is 6.28. The first-order valence-electron chi connectivity index (χ1n) is 11.4. The fraction of sp³-hybridized carbons (Fsp3) is 0.773. The average molecular weight is 509 g/mol. The van der Waals surface area contributed by atoms with Gasteiger partial charge >= 0.3 is 18.1 Å². The van der Waals surface area contributed by atoms with E-state index in [9.17, 15) is 42.3 Å². The second-order valence-corrected chi connectivity index (χ2v) is 9.61. The Morgan fingerprint density at radius 1 is 1.03 bits per heavy atom. The Hall–Kier alpha value is -2.86. The first kappa shape index (κ1) is 30.2. The second kappa shape index (κ2) is 11.7. The van der Waals surface area contributed by atoms with E-state index in [0.717, 1.165) is 24.7 Å². The van der Waals surface area contributed by atoms with Crippen LogP contribution in [-0.4, -0.2) is 88.4 Å². The van der Waals surface area contributed by atoms with Gasteiger partial charge in [0, 0.05) is 20.1 Å². The van der Waals surface area contributed by atoms with Gasteiger partial charge in [-0.05, 0) is 31.6 Å². The quantitative estimate of drug-likeness (QED) is 0.405. The first-order chi connectivity index (χ1) is 15.9. The summed E-state index contributed by atoms with van der Waals surface area (Å²) in [5, 5.41) is 13.4. The van der Waals surface area contributed by atoms with E-state index in [1.54, 1.807) is 19.2 Å². The Labute approximate surface area is 202 Å². The average Bonchev–Trinajstić information content (AvgIpc) is 3.25. The predicted molar refractivity (Wildman–Crippen MR) is 119 cm³/mol. The maximum Gasteiger partial charge on any atom is 0.471 e. The lowest BCUT2D eigenvalue weighted by atomic mass is 9.85. The number of carboxylic acid groups (broad SMARTS) is 1. The summed E-state index contributed by atoms with van der Waals surface area (Å²) < 4.78 is 38.7. The molecule has 1 unspecified atom stereocenters. The van der Waals surface area contributed by atoms with Gasteiger partial charge in [-0.25, -0.2) is 0 Å². The van der Waals surface area contributed by atoms with Crippen LogP contribution >= 0.6 is 0 Å². The number of alkyl halides is 3. The summed E-state index contributed by atoms with van der Waals surface area (Å²) in [5.74, 6) is -7.28. The lowest BCUT2D eigenvalue weighted by Crippen LogP contribution is -2.65. The molecule has 3 N–H and O–H groups in total. The summed E-state index contributed by atoms with van der Waals surface area (Å²) in [7, 11) is 1.21. The highest BCUT2D eigenvalue weighted by molar-refractivity contribution is 5.97. The van der Waals surface area contributed by atoms with Gasteiger partial charge in [-0.1, -0.05) is 27.7 Å². The summed E-state index contributed by atoms with van der Waals surface area (Å²) >= 11 is 0. The van der Waals surface area contributed by atoms with Crippen molar-refractivity contribution in [2.24, 2.45) is 11.8 Å². The molecule has 1 aliphatic rings. The van der Waals surface area contributed by atoms with Crippen LogP contribution in [0.4, 0.5) is 13.2 Å². The molecule has 0 saturated carbocycles. The molecule has 13 heteroatoms. The zero-order chi connectivity index (χ0) is 27.3. The van der Waals surface area contributed by atoms with Crippen LogP contribution in [0.15, 0.2) is 0 Å². The minimum atomic E-state index is -5.22. The highest BCUT2D eigenvalue weighted by Gasteiger charge is 2.49. The number of amides is 4. The monoisotopic (exact) mass is 508 g/mol. The number of likely N-dealkylation sites (N-methyl/N-ethyl adjacent to an activating group) is 1.